The minimum absolute atomic E-state index is 0.0260. The molecule has 2 unspecified atom stereocenters. The van der Waals surface area contributed by atoms with Gasteiger partial charge in [0.05, 0.1) is 0 Å². The van der Waals surface area contributed by atoms with Crippen LogP contribution in [0.3, 0.4) is 0 Å². The molecule has 1 aliphatic carbocycles. The first-order valence-electron chi connectivity index (χ1n) is 8.05. The highest BCUT2D eigenvalue weighted by Crippen LogP contribution is 2.50. The number of rotatable bonds is 6. The van der Waals surface area contributed by atoms with E-state index in [2.05, 4.69) is 12.2 Å². The fraction of sp³-hybridized carbons (Fsp3) is 0.875. The number of carbonyl (C=O) groups excluding carboxylic acids is 2. The third-order valence-corrected chi connectivity index (χ3v) is 4.82. The van der Waals surface area contributed by atoms with E-state index in [0.29, 0.717) is 11.8 Å². The summed E-state index contributed by atoms with van der Waals surface area (Å²) < 4.78 is 0. The maximum atomic E-state index is 12.7. The molecular weight excluding hydrogens is 252 g/mol. The van der Waals surface area contributed by atoms with Crippen molar-refractivity contribution >= 4 is 11.8 Å². The average Bonchev–Trinajstić information content (AvgIpc) is 3.13. The molecule has 20 heavy (non-hydrogen) atoms. The second-order valence-electron chi connectivity index (χ2n) is 6.87. The van der Waals surface area contributed by atoms with Gasteiger partial charge >= 0.3 is 0 Å². The molecule has 2 atom stereocenters. The van der Waals surface area contributed by atoms with Crippen LogP contribution in [0.5, 0.6) is 0 Å². The summed E-state index contributed by atoms with van der Waals surface area (Å²) in [5.41, 5.74) is 0.303. The van der Waals surface area contributed by atoms with Crippen LogP contribution < -0.4 is 5.32 Å². The smallest absolute Gasteiger partial charge is 0.246 e. The Hall–Kier alpha value is -1.06. The zero-order chi connectivity index (χ0) is 14.9. The molecule has 0 bridgehead atoms. The highest BCUT2D eigenvalue weighted by Gasteiger charge is 2.48. The van der Waals surface area contributed by atoms with Crippen LogP contribution in [0.1, 0.15) is 59.8 Å². The quantitative estimate of drug-likeness (QED) is 0.812. The van der Waals surface area contributed by atoms with Crippen molar-refractivity contribution < 1.29 is 9.59 Å². The van der Waals surface area contributed by atoms with Gasteiger partial charge in [0.15, 0.2) is 0 Å². The first-order chi connectivity index (χ1) is 9.44. The van der Waals surface area contributed by atoms with Gasteiger partial charge in [0.2, 0.25) is 11.8 Å². The summed E-state index contributed by atoms with van der Waals surface area (Å²) in [4.78, 5) is 26.8. The predicted octanol–water partition coefficient (Wildman–Crippen LogP) is 2.33. The highest BCUT2D eigenvalue weighted by atomic mass is 16.2. The van der Waals surface area contributed by atoms with Crippen LogP contribution in [0, 0.1) is 11.3 Å². The minimum Gasteiger partial charge on any atom is -0.342 e. The largest absolute Gasteiger partial charge is 0.342 e. The monoisotopic (exact) mass is 280 g/mol. The van der Waals surface area contributed by atoms with Gasteiger partial charge in [-0.2, -0.15) is 0 Å². The fourth-order valence-corrected chi connectivity index (χ4v) is 3.39. The predicted molar refractivity (Wildman–Crippen MR) is 79.1 cm³/mol. The van der Waals surface area contributed by atoms with Crippen molar-refractivity contribution in [1.29, 1.82) is 0 Å². The van der Waals surface area contributed by atoms with E-state index in [1.807, 2.05) is 25.7 Å². The molecule has 2 fully saturated rings. The number of hydrogen-bond donors (Lipinski definition) is 1. The van der Waals surface area contributed by atoms with Crippen molar-refractivity contribution in [2.75, 3.05) is 6.54 Å². The lowest BCUT2D eigenvalue weighted by Gasteiger charge is -2.41. The molecule has 2 rings (SSSR count). The van der Waals surface area contributed by atoms with E-state index in [1.54, 1.807) is 0 Å². The number of nitrogens with one attached hydrogen (secondary N) is 1. The van der Waals surface area contributed by atoms with Gasteiger partial charge in [0.1, 0.15) is 12.1 Å². The summed E-state index contributed by atoms with van der Waals surface area (Å²) in [6.45, 7) is 8.94. The number of amides is 2. The SMILES string of the molecule is CCCC1(CN2C(=O)C(C(C)C)NC(=O)C2CC)CC1. The standard InChI is InChI=1S/C16H28N2O2/c1-5-7-16(8-9-16)10-18-12(6-2)14(19)17-13(11(3)4)15(18)20/h11-13H,5-10H2,1-4H3,(H,17,19). The molecule has 0 radical (unpaired) electrons. The van der Waals surface area contributed by atoms with Crippen molar-refractivity contribution in [1.82, 2.24) is 10.2 Å². The molecule has 2 aliphatic rings. The Kier molecular flexibility index (Phi) is 4.40. The van der Waals surface area contributed by atoms with Gasteiger partial charge in [-0.15, -0.1) is 0 Å². The van der Waals surface area contributed by atoms with Gasteiger partial charge in [0.25, 0.3) is 0 Å². The van der Waals surface area contributed by atoms with E-state index in [0.717, 1.165) is 13.0 Å². The Balaban J connectivity index is 2.16. The van der Waals surface area contributed by atoms with Crippen LogP contribution in [-0.4, -0.2) is 35.3 Å². The molecule has 2 amide bonds. The molecule has 4 nitrogen and oxygen atoms in total. The summed E-state index contributed by atoms with van der Waals surface area (Å²) in [5, 5.41) is 2.90. The van der Waals surface area contributed by atoms with E-state index in [4.69, 9.17) is 0 Å². The topological polar surface area (TPSA) is 49.4 Å². The van der Waals surface area contributed by atoms with Gasteiger partial charge in [-0.25, -0.2) is 0 Å². The van der Waals surface area contributed by atoms with Crippen LogP contribution >= 0.6 is 0 Å². The lowest BCUT2D eigenvalue weighted by molar-refractivity contribution is -0.151. The third kappa shape index (κ3) is 2.84. The van der Waals surface area contributed by atoms with E-state index < -0.39 is 0 Å². The Morgan fingerprint density at radius 3 is 2.40 bits per heavy atom. The molecule has 1 N–H and O–H groups in total. The Bertz CT molecular complexity index is 388. The second-order valence-corrected chi connectivity index (χ2v) is 6.87. The Labute approximate surface area is 122 Å². The zero-order valence-corrected chi connectivity index (χ0v) is 13.2. The second kappa shape index (κ2) is 5.74. The molecule has 1 saturated heterocycles. The summed E-state index contributed by atoms with van der Waals surface area (Å²) in [6.07, 6.45) is 5.43. The molecular formula is C16H28N2O2. The van der Waals surface area contributed by atoms with E-state index in [1.165, 1.54) is 19.3 Å². The number of nitrogens with zero attached hydrogens (tertiary/aromatic N) is 1. The Morgan fingerprint density at radius 2 is 1.95 bits per heavy atom. The van der Waals surface area contributed by atoms with Crippen LogP contribution in [0.25, 0.3) is 0 Å². The van der Waals surface area contributed by atoms with Gasteiger partial charge in [-0.1, -0.05) is 34.1 Å². The van der Waals surface area contributed by atoms with Crippen LogP contribution in [0.4, 0.5) is 0 Å². The van der Waals surface area contributed by atoms with Crippen molar-refractivity contribution in [2.24, 2.45) is 11.3 Å². The highest BCUT2D eigenvalue weighted by molar-refractivity contribution is 5.97. The van der Waals surface area contributed by atoms with Gasteiger partial charge in [0, 0.05) is 6.54 Å². The molecule has 1 saturated carbocycles. The lowest BCUT2D eigenvalue weighted by Crippen LogP contribution is -2.65. The summed E-state index contributed by atoms with van der Waals surface area (Å²) in [6, 6.07) is -0.616. The Morgan fingerprint density at radius 1 is 1.30 bits per heavy atom. The molecule has 0 aromatic heterocycles. The number of piperazine rings is 1. The van der Waals surface area contributed by atoms with Gasteiger partial charge < -0.3 is 10.2 Å². The van der Waals surface area contributed by atoms with Crippen LogP contribution in [0.2, 0.25) is 0 Å². The summed E-state index contributed by atoms with van der Waals surface area (Å²) in [5.74, 6) is 0.292. The van der Waals surface area contributed by atoms with Crippen molar-refractivity contribution in [3.05, 3.63) is 0 Å². The lowest BCUT2D eigenvalue weighted by atomic mass is 9.93. The molecule has 4 heteroatoms. The number of carbonyl (C=O) groups is 2. The van der Waals surface area contributed by atoms with Crippen molar-refractivity contribution in [2.45, 2.75) is 71.9 Å². The van der Waals surface area contributed by atoms with E-state index in [-0.39, 0.29) is 29.8 Å². The maximum absolute atomic E-state index is 12.7. The first-order valence-corrected chi connectivity index (χ1v) is 8.05. The van der Waals surface area contributed by atoms with E-state index in [9.17, 15) is 9.59 Å². The molecule has 0 aromatic rings. The van der Waals surface area contributed by atoms with Gasteiger partial charge in [-0.05, 0) is 37.0 Å². The summed E-state index contributed by atoms with van der Waals surface area (Å²) >= 11 is 0. The first kappa shape index (κ1) is 15.3. The van der Waals surface area contributed by atoms with Crippen LogP contribution in [-0.2, 0) is 9.59 Å². The number of hydrogen-bond acceptors (Lipinski definition) is 2. The molecule has 114 valence electrons. The molecule has 0 spiro atoms. The van der Waals surface area contributed by atoms with Crippen molar-refractivity contribution in [3.63, 3.8) is 0 Å². The fourth-order valence-electron chi connectivity index (χ4n) is 3.39. The zero-order valence-electron chi connectivity index (χ0n) is 13.2. The maximum Gasteiger partial charge on any atom is 0.246 e. The molecule has 0 aromatic carbocycles. The normalized spacial score (nSPS) is 28.8. The van der Waals surface area contributed by atoms with Crippen molar-refractivity contribution in [3.8, 4) is 0 Å². The molecule has 1 aliphatic heterocycles. The minimum atomic E-state index is -0.345. The summed E-state index contributed by atoms with van der Waals surface area (Å²) in [7, 11) is 0. The van der Waals surface area contributed by atoms with Gasteiger partial charge in [-0.3, -0.25) is 9.59 Å². The average molecular weight is 280 g/mol. The molecule has 1 heterocycles. The van der Waals surface area contributed by atoms with Crippen LogP contribution in [0.15, 0.2) is 0 Å². The third-order valence-electron chi connectivity index (χ3n) is 4.82. The van der Waals surface area contributed by atoms with E-state index >= 15 is 0 Å².